The molecule has 2 rings (SSSR count). The number of aryl methyl sites for hydroxylation is 1. The number of nitrogens with zero attached hydrogens (tertiary/aromatic N) is 1. The summed E-state index contributed by atoms with van der Waals surface area (Å²) in [4.78, 5) is 2.40. The first-order valence-electron chi connectivity index (χ1n) is 9.30. The van der Waals surface area contributed by atoms with Gasteiger partial charge < -0.3 is 14.6 Å². The largest absolute Gasteiger partial charge is 0.490 e. The van der Waals surface area contributed by atoms with Gasteiger partial charge in [-0.3, -0.25) is 4.90 Å². The third-order valence-corrected chi connectivity index (χ3v) is 4.65. The van der Waals surface area contributed by atoms with E-state index in [2.05, 4.69) is 18.7 Å². The Morgan fingerprint density at radius 2 is 2.04 bits per heavy atom. The summed E-state index contributed by atoms with van der Waals surface area (Å²) in [6, 6.07) is 8.46. The van der Waals surface area contributed by atoms with Crippen molar-refractivity contribution in [2.24, 2.45) is 0 Å². The van der Waals surface area contributed by atoms with Gasteiger partial charge in [-0.15, -0.1) is 0 Å². The minimum Gasteiger partial charge on any atom is -0.490 e. The fourth-order valence-electron chi connectivity index (χ4n) is 3.44. The van der Waals surface area contributed by atoms with Crippen molar-refractivity contribution in [1.82, 2.24) is 4.90 Å². The Balaban J connectivity index is 2.00. The number of benzene rings is 1. The van der Waals surface area contributed by atoms with Crippen molar-refractivity contribution in [3.05, 3.63) is 29.8 Å². The van der Waals surface area contributed by atoms with Gasteiger partial charge >= 0.3 is 0 Å². The lowest BCUT2D eigenvalue weighted by molar-refractivity contribution is -0.0676. The highest BCUT2D eigenvalue weighted by molar-refractivity contribution is 5.27. The van der Waals surface area contributed by atoms with Crippen LogP contribution in [0.15, 0.2) is 24.3 Å². The van der Waals surface area contributed by atoms with Gasteiger partial charge in [0.25, 0.3) is 0 Å². The second-order valence-corrected chi connectivity index (χ2v) is 7.08. The van der Waals surface area contributed by atoms with Crippen molar-refractivity contribution >= 4 is 0 Å². The van der Waals surface area contributed by atoms with Gasteiger partial charge in [-0.2, -0.15) is 0 Å². The maximum absolute atomic E-state index is 11.0. The summed E-state index contributed by atoms with van der Waals surface area (Å²) in [6.07, 6.45) is 4.67. The molecule has 1 aromatic carbocycles. The quantitative estimate of drug-likeness (QED) is 0.790. The minimum absolute atomic E-state index is 0.262. The molecule has 1 aromatic rings. The summed E-state index contributed by atoms with van der Waals surface area (Å²) in [5, 5.41) is 11.0. The number of rotatable bonds is 8. The van der Waals surface area contributed by atoms with E-state index in [4.69, 9.17) is 9.47 Å². The first-order valence-corrected chi connectivity index (χ1v) is 9.30. The van der Waals surface area contributed by atoms with Crippen LogP contribution in [0.2, 0.25) is 0 Å². The van der Waals surface area contributed by atoms with E-state index in [-0.39, 0.29) is 6.61 Å². The molecule has 24 heavy (non-hydrogen) atoms. The molecule has 1 aliphatic heterocycles. The van der Waals surface area contributed by atoms with Gasteiger partial charge in [0.1, 0.15) is 18.0 Å². The van der Waals surface area contributed by atoms with E-state index in [1.54, 1.807) is 0 Å². The van der Waals surface area contributed by atoms with Gasteiger partial charge in [0.2, 0.25) is 0 Å². The van der Waals surface area contributed by atoms with E-state index >= 15 is 0 Å². The molecule has 1 aliphatic rings. The molecule has 0 spiro atoms. The molecular formula is C20H33NO3. The maximum Gasteiger partial charge on any atom is 0.134 e. The van der Waals surface area contributed by atoms with Crippen molar-refractivity contribution in [2.45, 2.75) is 58.1 Å². The predicted molar refractivity (Wildman–Crippen MR) is 97.6 cm³/mol. The van der Waals surface area contributed by atoms with Gasteiger partial charge in [0.15, 0.2) is 0 Å². The summed E-state index contributed by atoms with van der Waals surface area (Å²) in [6.45, 7) is 9.27. The SMILES string of the molecule is CCCC(CCC)N1CCOC[C@@](O)(COc2cccc(C)c2)C1. The first-order chi connectivity index (χ1) is 11.6. The molecule has 4 nitrogen and oxygen atoms in total. The van der Waals surface area contributed by atoms with Gasteiger partial charge in [-0.25, -0.2) is 0 Å². The molecule has 136 valence electrons. The summed E-state index contributed by atoms with van der Waals surface area (Å²) >= 11 is 0. The Hall–Kier alpha value is -1.10. The van der Waals surface area contributed by atoms with Crippen LogP contribution in [0.25, 0.3) is 0 Å². The topological polar surface area (TPSA) is 41.9 Å². The van der Waals surface area contributed by atoms with Gasteiger partial charge in [-0.05, 0) is 37.5 Å². The van der Waals surface area contributed by atoms with Crippen LogP contribution < -0.4 is 4.74 Å². The van der Waals surface area contributed by atoms with Crippen LogP contribution in [0.3, 0.4) is 0 Å². The highest BCUT2D eigenvalue weighted by Gasteiger charge is 2.35. The van der Waals surface area contributed by atoms with Crippen molar-refractivity contribution in [2.75, 3.05) is 32.9 Å². The summed E-state index contributed by atoms with van der Waals surface area (Å²) in [7, 11) is 0. The third kappa shape index (κ3) is 5.76. The molecule has 1 N–H and O–H groups in total. The van der Waals surface area contributed by atoms with Gasteiger partial charge in [0.05, 0.1) is 13.2 Å². The van der Waals surface area contributed by atoms with E-state index < -0.39 is 5.60 Å². The van der Waals surface area contributed by atoms with Gasteiger partial charge in [0, 0.05) is 19.1 Å². The molecule has 4 heteroatoms. The number of ether oxygens (including phenoxy) is 2. The van der Waals surface area contributed by atoms with Crippen molar-refractivity contribution in [1.29, 1.82) is 0 Å². The fraction of sp³-hybridized carbons (Fsp3) is 0.700. The maximum atomic E-state index is 11.0. The van der Waals surface area contributed by atoms with Crippen LogP contribution in [0.4, 0.5) is 0 Å². The molecular weight excluding hydrogens is 302 g/mol. The Morgan fingerprint density at radius 3 is 2.71 bits per heavy atom. The van der Waals surface area contributed by atoms with Crippen LogP contribution in [-0.2, 0) is 4.74 Å². The molecule has 1 saturated heterocycles. The van der Waals surface area contributed by atoms with Crippen molar-refractivity contribution in [3.8, 4) is 5.75 Å². The molecule has 0 aliphatic carbocycles. The molecule has 1 atom stereocenters. The number of hydrogen-bond acceptors (Lipinski definition) is 4. The Kier molecular flexibility index (Phi) is 7.53. The normalized spacial score (nSPS) is 22.5. The zero-order valence-electron chi connectivity index (χ0n) is 15.5. The highest BCUT2D eigenvalue weighted by atomic mass is 16.5. The molecule has 0 amide bonds. The van der Waals surface area contributed by atoms with E-state index in [1.165, 1.54) is 25.7 Å². The highest BCUT2D eigenvalue weighted by Crippen LogP contribution is 2.21. The monoisotopic (exact) mass is 335 g/mol. The summed E-state index contributed by atoms with van der Waals surface area (Å²) in [5.74, 6) is 0.804. The van der Waals surface area contributed by atoms with E-state index in [0.717, 1.165) is 17.9 Å². The van der Waals surface area contributed by atoms with E-state index in [9.17, 15) is 5.11 Å². The second kappa shape index (κ2) is 9.40. The van der Waals surface area contributed by atoms with Crippen molar-refractivity contribution in [3.63, 3.8) is 0 Å². The van der Waals surface area contributed by atoms with Gasteiger partial charge in [-0.1, -0.05) is 38.8 Å². The van der Waals surface area contributed by atoms with E-state index in [0.29, 0.717) is 25.8 Å². The van der Waals surface area contributed by atoms with Crippen LogP contribution in [0.5, 0.6) is 5.75 Å². The summed E-state index contributed by atoms with van der Waals surface area (Å²) in [5.41, 5.74) is 0.198. The molecule has 0 radical (unpaired) electrons. The van der Waals surface area contributed by atoms with E-state index in [1.807, 2.05) is 31.2 Å². The Labute approximate surface area is 146 Å². The number of hydrogen-bond donors (Lipinski definition) is 1. The zero-order valence-corrected chi connectivity index (χ0v) is 15.5. The molecule has 0 unspecified atom stereocenters. The molecule has 0 aromatic heterocycles. The van der Waals surface area contributed by atoms with Crippen LogP contribution in [-0.4, -0.2) is 54.6 Å². The molecule has 1 heterocycles. The Bertz CT molecular complexity index is 488. The van der Waals surface area contributed by atoms with Crippen LogP contribution in [0, 0.1) is 6.92 Å². The number of aliphatic hydroxyl groups is 1. The van der Waals surface area contributed by atoms with Crippen molar-refractivity contribution < 1.29 is 14.6 Å². The molecule has 0 bridgehead atoms. The predicted octanol–water partition coefficient (Wildman–Crippen LogP) is 3.41. The molecule has 1 fully saturated rings. The van der Waals surface area contributed by atoms with Crippen LogP contribution in [0.1, 0.15) is 45.1 Å². The minimum atomic E-state index is -0.958. The fourth-order valence-corrected chi connectivity index (χ4v) is 3.44. The van der Waals surface area contributed by atoms with Crippen LogP contribution >= 0.6 is 0 Å². The average molecular weight is 335 g/mol. The lowest BCUT2D eigenvalue weighted by atomic mass is 10.0. The third-order valence-electron chi connectivity index (χ3n) is 4.65. The lowest BCUT2D eigenvalue weighted by Gasteiger charge is -2.35. The first kappa shape index (κ1) is 19.2. The Morgan fingerprint density at radius 1 is 1.29 bits per heavy atom. The lowest BCUT2D eigenvalue weighted by Crippen LogP contribution is -2.51. The zero-order chi connectivity index (χ0) is 17.4. The smallest absolute Gasteiger partial charge is 0.134 e. The average Bonchev–Trinajstić information content (AvgIpc) is 2.75. The second-order valence-electron chi connectivity index (χ2n) is 7.08. The summed E-state index contributed by atoms with van der Waals surface area (Å²) < 4.78 is 11.6. The number of β-amino-alcohol motifs (C(OH)–C–C–N with tert-alkyl or cyclic N) is 1. The standard InChI is InChI=1S/C20H33NO3/c1-4-7-18(8-5-2)21-11-12-23-15-20(22,14-21)16-24-19-10-6-9-17(3)13-19/h6,9-10,13,18,22H,4-5,7-8,11-12,14-16H2,1-3H3/t20-/m1/s1. The molecule has 0 saturated carbocycles.